The minimum absolute atomic E-state index is 0.0517. The van der Waals surface area contributed by atoms with Crippen LogP contribution in [0.4, 0.5) is 5.95 Å². The number of aliphatic hydroxyl groups excluding tert-OH is 1. The molecular formula is C11H18N4O2. The van der Waals surface area contributed by atoms with Crippen molar-refractivity contribution in [1.82, 2.24) is 15.3 Å². The number of amides is 1. The molecule has 1 aromatic rings. The second-order valence-corrected chi connectivity index (χ2v) is 3.76. The van der Waals surface area contributed by atoms with Gasteiger partial charge < -0.3 is 15.3 Å². The predicted molar refractivity (Wildman–Crippen MR) is 64.5 cm³/mol. The van der Waals surface area contributed by atoms with Crippen LogP contribution in [0.1, 0.15) is 18.9 Å². The van der Waals surface area contributed by atoms with Crippen LogP contribution >= 0.6 is 0 Å². The van der Waals surface area contributed by atoms with Crippen LogP contribution in [0, 0.1) is 0 Å². The molecule has 0 aliphatic heterocycles. The van der Waals surface area contributed by atoms with E-state index in [9.17, 15) is 4.79 Å². The van der Waals surface area contributed by atoms with Crippen LogP contribution < -0.4 is 10.2 Å². The van der Waals surface area contributed by atoms with Gasteiger partial charge in [0.05, 0.1) is 13.2 Å². The number of likely N-dealkylation sites (N-methyl/N-ethyl adjacent to an activating group) is 1. The molecule has 17 heavy (non-hydrogen) atoms. The van der Waals surface area contributed by atoms with Crippen molar-refractivity contribution >= 4 is 11.9 Å². The lowest BCUT2D eigenvalue weighted by Crippen LogP contribution is -2.36. The summed E-state index contributed by atoms with van der Waals surface area (Å²) < 4.78 is 0. The van der Waals surface area contributed by atoms with Crippen LogP contribution in [0.5, 0.6) is 0 Å². The molecule has 6 heteroatoms. The molecule has 1 amide bonds. The average molecular weight is 238 g/mol. The normalized spacial score (nSPS) is 10.1. The van der Waals surface area contributed by atoms with Gasteiger partial charge in [0.15, 0.2) is 0 Å². The topological polar surface area (TPSA) is 78.4 Å². The van der Waals surface area contributed by atoms with Gasteiger partial charge in [0.1, 0.15) is 0 Å². The summed E-state index contributed by atoms with van der Waals surface area (Å²) in [6, 6.07) is 0. The molecule has 0 saturated heterocycles. The zero-order valence-electron chi connectivity index (χ0n) is 10.2. The SMILES string of the molecule is CCCNC(=O)CN(C)c1ncc(CO)cn1. The molecule has 2 N–H and O–H groups in total. The molecule has 0 spiro atoms. The highest BCUT2D eigenvalue weighted by atomic mass is 16.3. The van der Waals surface area contributed by atoms with E-state index in [-0.39, 0.29) is 19.1 Å². The van der Waals surface area contributed by atoms with E-state index in [0.29, 0.717) is 18.1 Å². The third-order valence-corrected chi connectivity index (χ3v) is 2.17. The molecular weight excluding hydrogens is 220 g/mol. The lowest BCUT2D eigenvalue weighted by Gasteiger charge is -2.16. The number of aliphatic hydroxyl groups is 1. The molecule has 6 nitrogen and oxygen atoms in total. The van der Waals surface area contributed by atoms with Crippen molar-refractivity contribution < 1.29 is 9.90 Å². The summed E-state index contributed by atoms with van der Waals surface area (Å²) >= 11 is 0. The van der Waals surface area contributed by atoms with Gasteiger partial charge in [0.2, 0.25) is 11.9 Å². The maximum absolute atomic E-state index is 11.5. The quantitative estimate of drug-likeness (QED) is 0.725. The molecule has 1 rings (SSSR count). The smallest absolute Gasteiger partial charge is 0.239 e. The highest BCUT2D eigenvalue weighted by molar-refractivity contribution is 5.80. The first-order chi connectivity index (χ1) is 8.17. The maximum Gasteiger partial charge on any atom is 0.239 e. The Hall–Kier alpha value is -1.69. The second kappa shape index (κ2) is 6.80. The van der Waals surface area contributed by atoms with Gasteiger partial charge >= 0.3 is 0 Å². The fourth-order valence-electron chi connectivity index (χ4n) is 1.23. The van der Waals surface area contributed by atoms with E-state index in [0.717, 1.165) is 6.42 Å². The molecule has 0 bridgehead atoms. The van der Waals surface area contributed by atoms with Gasteiger partial charge in [-0.25, -0.2) is 9.97 Å². The van der Waals surface area contributed by atoms with Crippen molar-refractivity contribution in [2.24, 2.45) is 0 Å². The molecule has 0 aliphatic rings. The zero-order chi connectivity index (χ0) is 12.7. The van der Waals surface area contributed by atoms with Gasteiger partial charge in [-0.2, -0.15) is 0 Å². The van der Waals surface area contributed by atoms with E-state index >= 15 is 0 Å². The zero-order valence-corrected chi connectivity index (χ0v) is 10.2. The number of hydrogen-bond donors (Lipinski definition) is 2. The summed E-state index contributed by atoms with van der Waals surface area (Å²) in [5, 5.41) is 11.6. The van der Waals surface area contributed by atoms with Crippen LogP contribution in [0.2, 0.25) is 0 Å². The first-order valence-corrected chi connectivity index (χ1v) is 5.57. The van der Waals surface area contributed by atoms with E-state index in [1.165, 1.54) is 0 Å². The maximum atomic E-state index is 11.5. The minimum atomic E-state index is -0.0824. The standard InChI is InChI=1S/C11H18N4O2/c1-3-4-12-10(17)7-15(2)11-13-5-9(8-16)6-14-11/h5-6,16H,3-4,7-8H2,1-2H3,(H,12,17). The molecule has 0 aliphatic carbocycles. The Labute approximate surface area is 101 Å². The number of aromatic nitrogens is 2. The van der Waals surface area contributed by atoms with Gasteiger partial charge in [-0.05, 0) is 6.42 Å². The largest absolute Gasteiger partial charge is 0.392 e. The average Bonchev–Trinajstić information content (AvgIpc) is 2.36. The van der Waals surface area contributed by atoms with Crippen LogP contribution in [0.15, 0.2) is 12.4 Å². The lowest BCUT2D eigenvalue weighted by atomic mass is 10.4. The number of carbonyl (C=O) groups is 1. The van der Waals surface area contributed by atoms with Crippen LogP contribution in [-0.4, -0.2) is 41.1 Å². The lowest BCUT2D eigenvalue weighted by molar-refractivity contribution is -0.119. The fraction of sp³-hybridized carbons (Fsp3) is 0.545. The Balaban J connectivity index is 2.51. The third kappa shape index (κ3) is 4.36. The van der Waals surface area contributed by atoms with Crippen molar-refractivity contribution in [3.05, 3.63) is 18.0 Å². The number of nitrogens with one attached hydrogen (secondary N) is 1. The van der Waals surface area contributed by atoms with Gasteiger partial charge in [0, 0.05) is 31.5 Å². The van der Waals surface area contributed by atoms with E-state index < -0.39 is 0 Å². The van der Waals surface area contributed by atoms with E-state index in [4.69, 9.17) is 5.11 Å². The number of rotatable bonds is 6. The van der Waals surface area contributed by atoms with Crippen molar-refractivity contribution in [3.63, 3.8) is 0 Å². The van der Waals surface area contributed by atoms with Crippen molar-refractivity contribution in [2.75, 3.05) is 25.0 Å². The molecule has 0 radical (unpaired) electrons. The van der Waals surface area contributed by atoms with Crippen LogP contribution in [-0.2, 0) is 11.4 Å². The molecule has 1 heterocycles. The van der Waals surface area contributed by atoms with Gasteiger partial charge in [0.25, 0.3) is 0 Å². The Morgan fingerprint density at radius 2 is 2.12 bits per heavy atom. The third-order valence-electron chi connectivity index (χ3n) is 2.17. The molecule has 0 unspecified atom stereocenters. The van der Waals surface area contributed by atoms with E-state index in [1.807, 2.05) is 6.92 Å². The van der Waals surface area contributed by atoms with E-state index in [1.54, 1.807) is 24.3 Å². The Bertz CT molecular complexity index is 353. The van der Waals surface area contributed by atoms with Gasteiger partial charge in [-0.1, -0.05) is 6.92 Å². The first-order valence-electron chi connectivity index (χ1n) is 5.57. The minimum Gasteiger partial charge on any atom is -0.392 e. The fourth-order valence-corrected chi connectivity index (χ4v) is 1.23. The summed E-state index contributed by atoms with van der Waals surface area (Å²) in [6.07, 6.45) is 4.00. The molecule has 0 saturated carbocycles. The highest BCUT2D eigenvalue weighted by Gasteiger charge is 2.08. The van der Waals surface area contributed by atoms with Gasteiger partial charge in [-0.15, -0.1) is 0 Å². The summed E-state index contributed by atoms with van der Waals surface area (Å²) in [6.45, 7) is 2.82. The molecule has 0 atom stereocenters. The monoisotopic (exact) mass is 238 g/mol. The number of carbonyl (C=O) groups excluding carboxylic acids is 1. The van der Waals surface area contributed by atoms with Crippen molar-refractivity contribution in [1.29, 1.82) is 0 Å². The number of nitrogens with zero attached hydrogens (tertiary/aromatic N) is 3. The van der Waals surface area contributed by atoms with Crippen molar-refractivity contribution in [2.45, 2.75) is 20.0 Å². The molecule has 0 aromatic carbocycles. The number of hydrogen-bond acceptors (Lipinski definition) is 5. The Morgan fingerprint density at radius 1 is 1.47 bits per heavy atom. The molecule has 1 aromatic heterocycles. The van der Waals surface area contributed by atoms with E-state index in [2.05, 4.69) is 15.3 Å². The van der Waals surface area contributed by atoms with Gasteiger partial charge in [-0.3, -0.25) is 4.79 Å². The Kier molecular flexibility index (Phi) is 5.35. The van der Waals surface area contributed by atoms with Crippen molar-refractivity contribution in [3.8, 4) is 0 Å². The van der Waals surface area contributed by atoms with Crippen LogP contribution in [0.3, 0.4) is 0 Å². The van der Waals surface area contributed by atoms with Crippen LogP contribution in [0.25, 0.3) is 0 Å². The molecule has 94 valence electrons. The second-order valence-electron chi connectivity index (χ2n) is 3.76. The summed E-state index contributed by atoms with van der Waals surface area (Å²) in [5.74, 6) is 0.415. The summed E-state index contributed by atoms with van der Waals surface area (Å²) in [5.41, 5.74) is 0.651. The number of anilines is 1. The summed E-state index contributed by atoms with van der Waals surface area (Å²) in [4.78, 5) is 21.2. The molecule has 0 fully saturated rings. The summed E-state index contributed by atoms with van der Waals surface area (Å²) in [7, 11) is 1.75. The predicted octanol–water partition coefficient (Wildman–Crippen LogP) is -0.0687. The Morgan fingerprint density at radius 3 is 2.65 bits per heavy atom. The highest BCUT2D eigenvalue weighted by Crippen LogP contribution is 2.04. The first kappa shape index (κ1) is 13.4.